The minimum atomic E-state index is -3.71. The van der Waals surface area contributed by atoms with Gasteiger partial charge in [-0.2, -0.15) is 0 Å². The fraction of sp³-hybridized carbons (Fsp3) is 0.263. The zero-order chi connectivity index (χ0) is 19.6. The number of para-hydroxylation sites is 1. The Hall–Kier alpha value is -2.32. The van der Waals surface area contributed by atoms with Crippen LogP contribution in [0.2, 0.25) is 0 Å². The predicted octanol–water partition coefficient (Wildman–Crippen LogP) is 3.23. The van der Waals surface area contributed by atoms with Crippen molar-refractivity contribution >= 4 is 44.8 Å². The highest BCUT2D eigenvalue weighted by Crippen LogP contribution is 2.34. The molecule has 0 aliphatic carbocycles. The second-order valence-electron chi connectivity index (χ2n) is 6.42. The van der Waals surface area contributed by atoms with Crippen molar-refractivity contribution in [1.82, 2.24) is 0 Å². The van der Waals surface area contributed by atoms with E-state index < -0.39 is 15.1 Å². The van der Waals surface area contributed by atoms with E-state index in [4.69, 9.17) is 0 Å². The van der Waals surface area contributed by atoms with E-state index in [1.54, 1.807) is 12.1 Å². The quantitative estimate of drug-likeness (QED) is 0.798. The van der Waals surface area contributed by atoms with Gasteiger partial charge in [-0.05, 0) is 43.7 Å². The molecule has 0 saturated carbocycles. The SMILES string of the molecule is Cc1ccccc1NC(=O)CC(C)S(=O)(=O)c1ccc2c(c1)NC(=O)CS2. The molecule has 0 fully saturated rings. The highest BCUT2D eigenvalue weighted by Gasteiger charge is 2.27. The monoisotopic (exact) mass is 404 g/mol. The molecule has 1 aliphatic rings. The van der Waals surface area contributed by atoms with E-state index in [0.717, 1.165) is 10.5 Å². The average Bonchev–Trinajstić information content (AvgIpc) is 2.62. The van der Waals surface area contributed by atoms with E-state index in [0.29, 0.717) is 17.1 Å². The van der Waals surface area contributed by atoms with Gasteiger partial charge in [0.15, 0.2) is 9.84 Å². The molecule has 2 aromatic rings. The van der Waals surface area contributed by atoms with Crippen LogP contribution in [0.4, 0.5) is 11.4 Å². The molecule has 8 heteroatoms. The number of carbonyl (C=O) groups excluding carboxylic acids is 2. The van der Waals surface area contributed by atoms with Crippen LogP contribution in [0.15, 0.2) is 52.3 Å². The van der Waals surface area contributed by atoms with Crippen molar-refractivity contribution < 1.29 is 18.0 Å². The lowest BCUT2D eigenvalue weighted by molar-refractivity contribution is -0.116. The smallest absolute Gasteiger partial charge is 0.234 e. The molecule has 27 heavy (non-hydrogen) atoms. The second-order valence-corrected chi connectivity index (χ2v) is 9.80. The van der Waals surface area contributed by atoms with E-state index in [1.807, 2.05) is 25.1 Å². The van der Waals surface area contributed by atoms with E-state index in [9.17, 15) is 18.0 Å². The fourth-order valence-electron chi connectivity index (χ4n) is 2.76. The molecule has 0 spiro atoms. The maximum Gasteiger partial charge on any atom is 0.234 e. The molecule has 1 unspecified atom stereocenters. The molecule has 2 N–H and O–H groups in total. The lowest BCUT2D eigenvalue weighted by atomic mass is 10.2. The van der Waals surface area contributed by atoms with Gasteiger partial charge in [-0.15, -0.1) is 11.8 Å². The fourth-order valence-corrected chi connectivity index (χ4v) is 4.92. The molecule has 142 valence electrons. The maximum absolute atomic E-state index is 12.9. The number of nitrogens with one attached hydrogen (secondary N) is 2. The van der Waals surface area contributed by atoms with Crippen molar-refractivity contribution in [2.75, 3.05) is 16.4 Å². The summed E-state index contributed by atoms with van der Waals surface area (Å²) in [6, 6.07) is 12.0. The number of hydrogen-bond donors (Lipinski definition) is 2. The Balaban J connectivity index is 1.74. The Morgan fingerprint density at radius 2 is 2.00 bits per heavy atom. The van der Waals surface area contributed by atoms with Gasteiger partial charge in [0.25, 0.3) is 0 Å². The second kappa shape index (κ2) is 7.74. The lowest BCUT2D eigenvalue weighted by Gasteiger charge is -2.19. The molecule has 2 amide bonds. The summed E-state index contributed by atoms with van der Waals surface area (Å²) in [5.74, 6) is -0.205. The molecule has 3 rings (SSSR count). The first-order chi connectivity index (χ1) is 12.8. The number of hydrogen-bond acceptors (Lipinski definition) is 5. The van der Waals surface area contributed by atoms with Gasteiger partial charge in [-0.1, -0.05) is 18.2 Å². The van der Waals surface area contributed by atoms with Crippen LogP contribution >= 0.6 is 11.8 Å². The number of carbonyl (C=O) groups is 2. The molecular formula is C19H20N2O4S2. The van der Waals surface area contributed by atoms with Gasteiger partial charge in [-0.25, -0.2) is 8.42 Å². The van der Waals surface area contributed by atoms with Gasteiger partial charge < -0.3 is 10.6 Å². The topological polar surface area (TPSA) is 92.3 Å². The minimum Gasteiger partial charge on any atom is -0.326 e. The number of rotatable bonds is 5. The van der Waals surface area contributed by atoms with Crippen LogP contribution in [0, 0.1) is 6.92 Å². The standard InChI is InChI=1S/C19H20N2O4S2/c1-12-5-3-4-6-15(12)20-18(22)9-13(2)27(24,25)14-7-8-17-16(10-14)21-19(23)11-26-17/h3-8,10,13H,9,11H2,1-2H3,(H,20,22)(H,21,23). The van der Waals surface area contributed by atoms with E-state index >= 15 is 0 Å². The molecule has 1 atom stereocenters. The van der Waals surface area contributed by atoms with Crippen LogP contribution in [0.1, 0.15) is 18.9 Å². The summed E-state index contributed by atoms with van der Waals surface area (Å²) in [7, 11) is -3.71. The summed E-state index contributed by atoms with van der Waals surface area (Å²) in [6.45, 7) is 3.38. The molecule has 0 saturated heterocycles. The van der Waals surface area contributed by atoms with Crippen LogP contribution in [-0.2, 0) is 19.4 Å². The summed E-state index contributed by atoms with van der Waals surface area (Å²) in [5.41, 5.74) is 2.07. The highest BCUT2D eigenvalue weighted by atomic mass is 32.2. The molecular weight excluding hydrogens is 384 g/mol. The van der Waals surface area contributed by atoms with Crippen molar-refractivity contribution in [3.05, 3.63) is 48.0 Å². The molecule has 0 bridgehead atoms. The molecule has 1 heterocycles. The van der Waals surface area contributed by atoms with Crippen molar-refractivity contribution in [1.29, 1.82) is 0 Å². The molecule has 2 aromatic carbocycles. The van der Waals surface area contributed by atoms with E-state index in [2.05, 4.69) is 10.6 Å². The van der Waals surface area contributed by atoms with Crippen molar-refractivity contribution in [2.24, 2.45) is 0 Å². The Morgan fingerprint density at radius 1 is 1.26 bits per heavy atom. The number of fused-ring (bicyclic) bond motifs is 1. The Labute approximate surface area is 162 Å². The van der Waals surface area contributed by atoms with Crippen molar-refractivity contribution in [2.45, 2.75) is 35.3 Å². The van der Waals surface area contributed by atoms with Crippen molar-refractivity contribution in [3.8, 4) is 0 Å². The predicted molar refractivity (Wildman–Crippen MR) is 107 cm³/mol. The van der Waals surface area contributed by atoms with Crippen LogP contribution < -0.4 is 10.6 Å². The van der Waals surface area contributed by atoms with E-state index in [1.165, 1.54) is 30.8 Å². The third-order valence-corrected chi connectivity index (χ3v) is 7.54. The average molecular weight is 405 g/mol. The number of thioether (sulfide) groups is 1. The maximum atomic E-state index is 12.9. The Bertz CT molecular complexity index is 1000. The minimum absolute atomic E-state index is 0.0974. The Morgan fingerprint density at radius 3 is 2.74 bits per heavy atom. The molecule has 0 radical (unpaired) electrons. The number of aryl methyl sites for hydroxylation is 1. The first kappa shape index (κ1) is 19.4. The number of benzene rings is 2. The van der Waals surface area contributed by atoms with Gasteiger partial charge in [0.05, 0.1) is 21.6 Å². The Kier molecular flexibility index (Phi) is 5.57. The number of sulfone groups is 1. The largest absolute Gasteiger partial charge is 0.326 e. The van der Waals surface area contributed by atoms with Crippen LogP contribution in [-0.4, -0.2) is 31.2 Å². The van der Waals surface area contributed by atoms with Crippen LogP contribution in [0.3, 0.4) is 0 Å². The van der Waals surface area contributed by atoms with Crippen LogP contribution in [0.25, 0.3) is 0 Å². The van der Waals surface area contributed by atoms with Gasteiger partial charge in [0, 0.05) is 17.0 Å². The number of amides is 2. The van der Waals surface area contributed by atoms with Gasteiger partial charge >= 0.3 is 0 Å². The normalized spacial score (nSPS) is 14.8. The summed E-state index contributed by atoms with van der Waals surface area (Å²) < 4.78 is 25.7. The first-order valence-electron chi connectivity index (χ1n) is 8.43. The molecule has 1 aliphatic heterocycles. The van der Waals surface area contributed by atoms with Crippen LogP contribution in [0.5, 0.6) is 0 Å². The van der Waals surface area contributed by atoms with Gasteiger partial charge in [0.1, 0.15) is 0 Å². The third kappa shape index (κ3) is 4.33. The summed E-state index contributed by atoms with van der Waals surface area (Å²) in [5, 5.41) is 4.55. The number of anilines is 2. The zero-order valence-electron chi connectivity index (χ0n) is 15.0. The van der Waals surface area contributed by atoms with E-state index in [-0.39, 0.29) is 23.1 Å². The van der Waals surface area contributed by atoms with Crippen molar-refractivity contribution in [3.63, 3.8) is 0 Å². The summed E-state index contributed by atoms with van der Waals surface area (Å²) in [4.78, 5) is 24.8. The summed E-state index contributed by atoms with van der Waals surface area (Å²) in [6.07, 6.45) is -0.158. The molecule has 0 aromatic heterocycles. The zero-order valence-corrected chi connectivity index (χ0v) is 16.6. The first-order valence-corrected chi connectivity index (χ1v) is 11.0. The third-order valence-electron chi connectivity index (χ3n) is 4.33. The lowest BCUT2D eigenvalue weighted by Crippen LogP contribution is -2.25. The molecule has 6 nitrogen and oxygen atoms in total. The van der Waals surface area contributed by atoms with Gasteiger partial charge in [0.2, 0.25) is 11.8 Å². The summed E-state index contributed by atoms with van der Waals surface area (Å²) >= 11 is 1.37. The highest BCUT2D eigenvalue weighted by molar-refractivity contribution is 8.00. The van der Waals surface area contributed by atoms with Gasteiger partial charge in [-0.3, -0.25) is 9.59 Å².